The summed E-state index contributed by atoms with van der Waals surface area (Å²) in [7, 11) is 0. The van der Waals surface area contributed by atoms with Gasteiger partial charge in [-0.2, -0.15) is 0 Å². The van der Waals surface area contributed by atoms with E-state index in [1.807, 2.05) is 12.2 Å². The lowest BCUT2D eigenvalue weighted by Gasteiger charge is -2.02. The number of hydrogen-bond donors (Lipinski definition) is 0. The van der Waals surface area contributed by atoms with Crippen LogP contribution in [0.15, 0.2) is 48.6 Å². The minimum Gasteiger partial charge on any atom is -0.102 e. The van der Waals surface area contributed by atoms with Crippen LogP contribution < -0.4 is 0 Å². The molecule has 10 heavy (non-hydrogen) atoms. The van der Waals surface area contributed by atoms with E-state index >= 15 is 0 Å². The first-order valence-electron chi connectivity index (χ1n) is 3.43. The first kappa shape index (κ1) is 7.07. The van der Waals surface area contributed by atoms with Gasteiger partial charge in [0.1, 0.15) is 0 Å². The van der Waals surface area contributed by atoms with Crippen molar-refractivity contribution in [1.29, 1.82) is 0 Å². The Balaban J connectivity index is 2.93. The molecule has 0 aromatic rings. The topological polar surface area (TPSA) is 0 Å². The van der Waals surface area contributed by atoms with Gasteiger partial charge in [-0.25, -0.2) is 0 Å². The Morgan fingerprint density at radius 3 is 2.50 bits per heavy atom. The molecule has 0 aromatic heterocycles. The first-order valence-corrected chi connectivity index (χ1v) is 3.43. The number of hydrogen-bond acceptors (Lipinski definition) is 0. The summed E-state index contributed by atoms with van der Waals surface area (Å²) >= 11 is 0. The lowest BCUT2D eigenvalue weighted by molar-refractivity contribution is 0.990. The summed E-state index contributed by atoms with van der Waals surface area (Å²) in [5.74, 6) is 0.438. The molecule has 0 spiro atoms. The highest BCUT2D eigenvalue weighted by Gasteiger charge is 2.10. The molecule has 1 rings (SSSR count). The Labute approximate surface area is 62.3 Å². The van der Waals surface area contributed by atoms with Gasteiger partial charge < -0.3 is 0 Å². The van der Waals surface area contributed by atoms with Crippen molar-refractivity contribution < 1.29 is 0 Å². The minimum atomic E-state index is 0.438. The SMILES string of the molecule is C=CC1=C(C)C(C=C)C=C1. The van der Waals surface area contributed by atoms with Gasteiger partial charge in [0.05, 0.1) is 0 Å². The zero-order chi connectivity index (χ0) is 7.56. The average Bonchev–Trinajstić information content (AvgIpc) is 2.30. The molecule has 0 fully saturated rings. The molecule has 0 saturated heterocycles. The molecule has 0 N–H and O–H groups in total. The van der Waals surface area contributed by atoms with Crippen molar-refractivity contribution in [3.63, 3.8) is 0 Å². The molecule has 0 aromatic carbocycles. The highest BCUT2D eigenvalue weighted by Crippen LogP contribution is 2.25. The van der Waals surface area contributed by atoms with Crippen molar-refractivity contribution in [2.24, 2.45) is 5.92 Å². The normalized spacial score (nSPS) is 23.5. The molecule has 0 radical (unpaired) electrons. The van der Waals surface area contributed by atoms with Crippen molar-refractivity contribution >= 4 is 0 Å². The molecule has 1 aliphatic carbocycles. The quantitative estimate of drug-likeness (QED) is 0.507. The van der Waals surface area contributed by atoms with Gasteiger partial charge in [-0.1, -0.05) is 36.5 Å². The number of rotatable bonds is 2. The van der Waals surface area contributed by atoms with Gasteiger partial charge in [-0.3, -0.25) is 0 Å². The maximum atomic E-state index is 3.74. The van der Waals surface area contributed by atoms with Crippen molar-refractivity contribution in [2.75, 3.05) is 0 Å². The first-order chi connectivity index (χ1) is 4.79. The van der Waals surface area contributed by atoms with E-state index in [1.165, 1.54) is 11.1 Å². The second-order valence-corrected chi connectivity index (χ2v) is 2.46. The largest absolute Gasteiger partial charge is 0.102 e. The molecule has 0 amide bonds. The van der Waals surface area contributed by atoms with E-state index in [4.69, 9.17) is 0 Å². The van der Waals surface area contributed by atoms with E-state index in [9.17, 15) is 0 Å². The summed E-state index contributed by atoms with van der Waals surface area (Å²) in [4.78, 5) is 0. The summed E-state index contributed by atoms with van der Waals surface area (Å²) in [6, 6.07) is 0. The molecule has 0 nitrogen and oxygen atoms in total. The molecule has 0 saturated carbocycles. The van der Waals surface area contributed by atoms with Gasteiger partial charge in [0.25, 0.3) is 0 Å². The second-order valence-electron chi connectivity index (χ2n) is 2.46. The third-order valence-corrected chi connectivity index (χ3v) is 1.91. The van der Waals surface area contributed by atoms with E-state index in [2.05, 4.69) is 32.2 Å². The highest BCUT2D eigenvalue weighted by molar-refractivity contribution is 5.43. The van der Waals surface area contributed by atoms with E-state index in [0.29, 0.717) is 5.92 Å². The Hall–Kier alpha value is -1.04. The van der Waals surface area contributed by atoms with Crippen LogP contribution in [0.4, 0.5) is 0 Å². The van der Waals surface area contributed by atoms with Crippen LogP contribution in [0.25, 0.3) is 0 Å². The van der Waals surface area contributed by atoms with E-state index < -0.39 is 0 Å². The summed E-state index contributed by atoms with van der Waals surface area (Å²) in [6.45, 7) is 9.57. The van der Waals surface area contributed by atoms with Gasteiger partial charge in [-0.05, 0) is 12.5 Å². The molecule has 0 heterocycles. The monoisotopic (exact) mass is 132 g/mol. The summed E-state index contributed by atoms with van der Waals surface area (Å²) < 4.78 is 0. The van der Waals surface area contributed by atoms with Crippen LogP contribution in [0, 0.1) is 5.92 Å². The standard InChI is InChI=1S/C10H12/c1-4-9-6-7-10(5-2)8(9)3/h4-7,9H,1-2H2,3H3. The molecular weight excluding hydrogens is 120 g/mol. The zero-order valence-corrected chi connectivity index (χ0v) is 6.30. The lowest BCUT2D eigenvalue weighted by atomic mass is 10.0. The van der Waals surface area contributed by atoms with E-state index in [1.54, 1.807) is 0 Å². The molecular formula is C10H12. The summed E-state index contributed by atoms with van der Waals surface area (Å²) in [5.41, 5.74) is 2.59. The maximum absolute atomic E-state index is 3.74. The fraction of sp³-hybridized carbons (Fsp3) is 0.200. The Kier molecular flexibility index (Phi) is 1.91. The molecule has 1 aliphatic rings. The third kappa shape index (κ3) is 0.971. The Morgan fingerprint density at radius 1 is 1.50 bits per heavy atom. The van der Waals surface area contributed by atoms with E-state index in [-0.39, 0.29) is 0 Å². The van der Waals surface area contributed by atoms with Crippen molar-refractivity contribution in [3.8, 4) is 0 Å². The van der Waals surface area contributed by atoms with Crippen LogP contribution in [0.3, 0.4) is 0 Å². The van der Waals surface area contributed by atoms with Crippen LogP contribution in [-0.2, 0) is 0 Å². The lowest BCUT2D eigenvalue weighted by Crippen LogP contribution is -1.88. The van der Waals surface area contributed by atoms with Gasteiger partial charge >= 0.3 is 0 Å². The van der Waals surface area contributed by atoms with Crippen LogP contribution in [0.1, 0.15) is 6.92 Å². The fourth-order valence-electron chi connectivity index (χ4n) is 1.16. The van der Waals surface area contributed by atoms with Crippen molar-refractivity contribution in [3.05, 3.63) is 48.6 Å². The van der Waals surface area contributed by atoms with Crippen LogP contribution in [0.2, 0.25) is 0 Å². The van der Waals surface area contributed by atoms with Gasteiger partial charge in [0.2, 0.25) is 0 Å². The van der Waals surface area contributed by atoms with E-state index in [0.717, 1.165) is 0 Å². The van der Waals surface area contributed by atoms with Crippen LogP contribution >= 0.6 is 0 Å². The van der Waals surface area contributed by atoms with Crippen LogP contribution in [-0.4, -0.2) is 0 Å². The highest BCUT2D eigenvalue weighted by atomic mass is 14.1. The molecule has 0 heteroatoms. The van der Waals surface area contributed by atoms with Gasteiger partial charge in [0.15, 0.2) is 0 Å². The molecule has 0 aliphatic heterocycles. The van der Waals surface area contributed by atoms with Gasteiger partial charge in [-0.15, -0.1) is 6.58 Å². The third-order valence-electron chi connectivity index (χ3n) is 1.91. The van der Waals surface area contributed by atoms with Crippen molar-refractivity contribution in [1.82, 2.24) is 0 Å². The predicted octanol–water partition coefficient (Wildman–Crippen LogP) is 2.86. The number of allylic oxidation sites excluding steroid dienone is 6. The molecule has 1 unspecified atom stereocenters. The molecule has 1 atom stereocenters. The van der Waals surface area contributed by atoms with Crippen molar-refractivity contribution in [2.45, 2.75) is 6.92 Å². The second kappa shape index (κ2) is 2.70. The Bertz CT molecular complexity index is 216. The predicted molar refractivity (Wildman–Crippen MR) is 45.7 cm³/mol. The molecule has 52 valence electrons. The molecule has 0 bridgehead atoms. The maximum Gasteiger partial charge on any atom is 0.0164 e. The Morgan fingerprint density at radius 2 is 2.20 bits per heavy atom. The fourth-order valence-corrected chi connectivity index (χ4v) is 1.16. The van der Waals surface area contributed by atoms with Gasteiger partial charge in [0, 0.05) is 5.92 Å². The zero-order valence-electron chi connectivity index (χ0n) is 6.30. The summed E-state index contributed by atoms with van der Waals surface area (Å²) in [6.07, 6.45) is 8.06. The van der Waals surface area contributed by atoms with Crippen LogP contribution in [0.5, 0.6) is 0 Å². The minimum absolute atomic E-state index is 0.438. The average molecular weight is 132 g/mol. The summed E-state index contributed by atoms with van der Waals surface area (Å²) in [5, 5.41) is 0. The smallest absolute Gasteiger partial charge is 0.0164 e.